The molecule has 0 radical (unpaired) electrons. The summed E-state index contributed by atoms with van der Waals surface area (Å²) in [5.41, 5.74) is 1.36. The number of aromatic nitrogens is 1. The minimum absolute atomic E-state index is 0. The summed E-state index contributed by atoms with van der Waals surface area (Å²) in [6, 6.07) is 14.7. The third-order valence-electron chi connectivity index (χ3n) is 3.94. The van der Waals surface area contributed by atoms with Crippen LogP contribution >= 0.6 is 24.0 Å². The first-order valence-electron chi connectivity index (χ1n) is 9.13. The summed E-state index contributed by atoms with van der Waals surface area (Å²) in [6.45, 7) is 7.64. The summed E-state index contributed by atoms with van der Waals surface area (Å²) in [7, 11) is 2.16. The Hall–Kier alpha value is -1.54. The largest absolute Gasteiger partial charge is 0.357 e. The van der Waals surface area contributed by atoms with Gasteiger partial charge in [0.1, 0.15) is 0 Å². The van der Waals surface area contributed by atoms with Crippen molar-refractivity contribution in [3.63, 3.8) is 0 Å². The van der Waals surface area contributed by atoms with E-state index in [9.17, 15) is 0 Å². The number of halogens is 1. The number of aliphatic imine (C=N–C) groups is 1. The second kappa shape index (κ2) is 13.6. The van der Waals surface area contributed by atoms with Gasteiger partial charge in [-0.1, -0.05) is 30.3 Å². The van der Waals surface area contributed by atoms with Gasteiger partial charge in [-0.05, 0) is 44.6 Å². The van der Waals surface area contributed by atoms with Crippen LogP contribution in [0.15, 0.2) is 59.9 Å². The Morgan fingerprint density at radius 3 is 2.50 bits per heavy atom. The highest BCUT2D eigenvalue weighted by Gasteiger charge is 2.00. The fraction of sp³-hybridized carbons (Fsp3) is 0.450. The highest BCUT2D eigenvalue weighted by Crippen LogP contribution is 2.02. The van der Waals surface area contributed by atoms with Gasteiger partial charge in [-0.15, -0.1) is 24.0 Å². The van der Waals surface area contributed by atoms with Crippen molar-refractivity contribution in [3.8, 4) is 0 Å². The molecule has 26 heavy (non-hydrogen) atoms. The Kier molecular flexibility index (Phi) is 11.8. The number of nitrogens with one attached hydrogen (secondary N) is 2. The molecule has 144 valence electrons. The molecule has 2 rings (SSSR count). The van der Waals surface area contributed by atoms with Gasteiger partial charge in [0.15, 0.2) is 5.96 Å². The van der Waals surface area contributed by atoms with Gasteiger partial charge in [0.05, 0.1) is 0 Å². The number of hydrogen-bond donors (Lipinski definition) is 2. The second-order valence-corrected chi connectivity index (χ2v) is 6.19. The van der Waals surface area contributed by atoms with Crippen LogP contribution in [0.5, 0.6) is 0 Å². The van der Waals surface area contributed by atoms with Crippen LogP contribution in [-0.2, 0) is 13.1 Å². The van der Waals surface area contributed by atoms with Gasteiger partial charge in [0.2, 0.25) is 0 Å². The van der Waals surface area contributed by atoms with Crippen LogP contribution in [0, 0.1) is 0 Å². The summed E-state index contributed by atoms with van der Waals surface area (Å²) >= 11 is 0. The molecule has 5 nitrogen and oxygen atoms in total. The van der Waals surface area contributed by atoms with Crippen LogP contribution in [0.4, 0.5) is 0 Å². The molecule has 0 saturated carbocycles. The molecule has 0 atom stereocenters. The number of rotatable bonds is 10. The first kappa shape index (κ1) is 22.5. The lowest BCUT2D eigenvalue weighted by Gasteiger charge is -2.16. The van der Waals surface area contributed by atoms with E-state index in [1.54, 1.807) is 0 Å². The maximum Gasteiger partial charge on any atom is 0.191 e. The molecule has 1 aromatic heterocycles. The molecule has 0 amide bonds. The first-order chi connectivity index (χ1) is 12.3. The second-order valence-electron chi connectivity index (χ2n) is 6.19. The summed E-state index contributed by atoms with van der Waals surface area (Å²) in [5.74, 6) is 0.903. The van der Waals surface area contributed by atoms with Crippen molar-refractivity contribution >= 4 is 29.9 Å². The number of hydrogen-bond acceptors (Lipinski definition) is 2. The Bertz CT molecular complexity index is 598. The van der Waals surface area contributed by atoms with Crippen LogP contribution in [-0.4, -0.2) is 48.7 Å². The first-order valence-corrected chi connectivity index (χ1v) is 9.13. The lowest BCUT2D eigenvalue weighted by molar-refractivity contribution is 0.324. The zero-order valence-corrected chi connectivity index (χ0v) is 18.2. The molecule has 0 aliphatic rings. The van der Waals surface area contributed by atoms with E-state index < -0.39 is 0 Å². The van der Waals surface area contributed by atoms with Gasteiger partial charge in [0.25, 0.3) is 0 Å². The molecule has 1 heterocycles. The predicted octanol–water partition coefficient (Wildman–Crippen LogP) is 3.18. The van der Waals surface area contributed by atoms with E-state index in [1.807, 2.05) is 12.1 Å². The zero-order chi connectivity index (χ0) is 17.7. The average molecular weight is 469 g/mol. The molecule has 0 aliphatic heterocycles. The van der Waals surface area contributed by atoms with Crippen molar-refractivity contribution in [3.05, 3.63) is 60.4 Å². The lowest BCUT2D eigenvalue weighted by Crippen LogP contribution is -2.39. The number of nitrogens with zero attached hydrogens (tertiary/aromatic N) is 3. The molecule has 0 bridgehead atoms. The average Bonchev–Trinajstić information content (AvgIpc) is 3.13. The molecule has 0 fully saturated rings. The maximum atomic E-state index is 4.67. The Morgan fingerprint density at radius 2 is 1.81 bits per heavy atom. The fourth-order valence-electron chi connectivity index (χ4n) is 2.67. The van der Waals surface area contributed by atoms with E-state index in [0.717, 1.165) is 51.6 Å². The smallest absolute Gasteiger partial charge is 0.191 e. The van der Waals surface area contributed by atoms with E-state index in [2.05, 4.69) is 81.8 Å². The highest BCUT2D eigenvalue weighted by atomic mass is 127. The lowest BCUT2D eigenvalue weighted by atomic mass is 10.2. The van der Waals surface area contributed by atoms with Crippen molar-refractivity contribution < 1.29 is 0 Å². The van der Waals surface area contributed by atoms with Crippen LogP contribution in [0.3, 0.4) is 0 Å². The van der Waals surface area contributed by atoms with E-state index in [-0.39, 0.29) is 24.0 Å². The predicted molar refractivity (Wildman–Crippen MR) is 121 cm³/mol. The zero-order valence-electron chi connectivity index (χ0n) is 15.9. The van der Waals surface area contributed by atoms with Crippen molar-refractivity contribution in [1.82, 2.24) is 20.1 Å². The van der Waals surface area contributed by atoms with Crippen molar-refractivity contribution in [2.24, 2.45) is 4.99 Å². The highest BCUT2D eigenvalue weighted by molar-refractivity contribution is 14.0. The van der Waals surface area contributed by atoms with Crippen molar-refractivity contribution in [2.45, 2.75) is 26.4 Å². The van der Waals surface area contributed by atoms with Gasteiger partial charge < -0.3 is 20.1 Å². The third-order valence-corrected chi connectivity index (χ3v) is 3.94. The fourth-order valence-corrected chi connectivity index (χ4v) is 2.67. The van der Waals surface area contributed by atoms with Gasteiger partial charge in [-0.2, -0.15) is 0 Å². The van der Waals surface area contributed by atoms with E-state index in [4.69, 9.17) is 0 Å². The normalized spacial score (nSPS) is 11.3. The Morgan fingerprint density at radius 1 is 1.08 bits per heavy atom. The molecule has 0 spiro atoms. The Balaban J connectivity index is 0.00000338. The maximum absolute atomic E-state index is 4.67. The van der Waals surface area contributed by atoms with Crippen molar-refractivity contribution in [2.75, 3.05) is 33.2 Å². The quantitative estimate of drug-likeness (QED) is 0.243. The van der Waals surface area contributed by atoms with Gasteiger partial charge in [-0.25, -0.2) is 0 Å². The monoisotopic (exact) mass is 469 g/mol. The van der Waals surface area contributed by atoms with Crippen LogP contribution in [0.25, 0.3) is 0 Å². The molecule has 1 aromatic carbocycles. The molecular formula is C20H32IN5. The molecule has 0 saturated heterocycles. The summed E-state index contributed by atoms with van der Waals surface area (Å²) in [5, 5.41) is 6.70. The van der Waals surface area contributed by atoms with Gasteiger partial charge in [-0.3, -0.25) is 4.99 Å². The minimum atomic E-state index is 0. The topological polar surface area (TPSA) is 44.6 Å². The SMILES string of the molecule is CCNC(=NCCCN(C)Cc1ccccc1)NCCn1cccc1.I. The third kappa shape index (κ3) is 9.24. The molecule has 2 aromatic rings. The summed E-state index contributed by atoms with van der Waals surface area (Å²) in [6.07, 6.45) is 5.21. The van der Waals surface area contributed by atoms with Crippen molar-refractivity contribution in [1.29, 1.82) is 0 Å². The minimum Gasteiger partial charge on any atom is -0.357 e. The number of guanidine groups is 1. The Labute approximate surface area is 174 Å². The number of benzene rings is 1. The van der Waals surface area contributed by atoms with E-state index in [0.29, 0.717) is 0 Å². The van der Waals surface area contributed by atoms with E-state index in [1.165, 1.54) is 5.56 Å². The summed E-state index contributed by atoms with van der Waals surface area (Å²) in [4.78, 5) is 7.01. The molecule has 0 unspecified atom stereocenters. The summed E-state index contributed by atoms with van der Waals surface area (Å²) < 4.78 is 2.16. The van der Waals surface area contributed by atoms with Gasteiger partial charge in [0, 0.05) is 45.1 Å². The van der Waals surface area contributed by atoms with Gasteiger partial charge >= 0.3 is 0 Å². The van der Waals surface area contributed by atoms with Crippen LogP contribution < -0.4 is 10.6 Å². The van der Waals surface area contributed by atoms with Crippen LogP contribution in [0.2, 0.25) is 0 Å². The standard InChI is InChI=1S/C20H31N5.HI/c1-3-21-20(23-13-17-25-15-7-8-16-25)22-12-9-14-24(2)18-19-10-5-4-6-11-19;/h4-8,10-11,15-16H,3,9,12-14,17-18H2,1-2H3,(H2,21,22,23);1H. The molecule has 6 heteroatoms. The van der Waals surface area contributed by atoms with E-state index >= 15 is 0 Å². The molecule has 0 aliphatic carbocycles. The van der Waals surface area contributed by atoms with Crippen LogP contribution in [0.1, 0.15) is 18.9 Å². The molecular weight excluding hydrogens is 437 g/mol. The molecule has 2 N–H and O–H groups in total.